The van der Waals surface area contributed by atoms with Crippen LogP contribution in [0.15, 0.2) is 55.0 Å². The predicted octanol–water partition coefficient (Wildman–Crippen LogP) is 5.20. The number of carbonyl (C=O) groups is 1. The van der Waals surface area contributed by atoms with E-state index in [4.69, 9.17) is 14.5 Å². The monoisotopic (exact) mass is 600 g/mol. The zero-order valence-electron chi connectivity index (χ0n) is 23.8. The van der Waals surface area contributed by atoms with Crippen molar-refractivity contribution in [2.45, 2.75) is 50.9 Å². The van der Waals surface area contributed by atoms with E-state index in [9.17, 15) is 14.3 Å². The van der Waals surface area contributed by atoms with Gasteiger partial charge in [-0.25, -0.2) is 23.5 Å². The molecule has 5 aromatic rings. The Bertz CT molecular complexity index is 1910. The van der Waals surface area contributed by atoms with E-state index >= 15 is 4.39 Å². The number of carboxylic acids is 1. The van der Waals surface area contributed by atoms with E-state index in [-0.39, 0.29) is 41.3 Å². The lowest BCUT2D eigenvalue weighted by atomic mass is 9.90. The van der Waals surface area contributed by atoms with Gasteiger partial charge in [0, 0.05) is 55.8 Å². The summed E-state index contributed by atoms with van der Waals surface area (Å²) in [5.41, 5.74) is 3.43. The van der Waals surface area contributed by atoms with Crippen LogP contribution >= 0.6 is 0 Å². The molecular formula is C32H30F2N6O4. The number of benzene rings is 1. The largest absolute Gasteiger partial charge is 0.478 e. The van der Waals surface area contributed by atoms with Crippen molar-refractivity contribution >= 4 is 28.5 Å². The van der Waals surface area contributed by atoms with Gasteiger partial charge in [-0.2, -0.15) is 4.98 Å². The van der Waals surface area contributed by atoms with Crippen LogP contribution in [0.4, 0.5) is 14.6 Å². The highest BCUT2D eigenvalue weighted by Gasteiger charge is 2.57. The number of fused-ring (bicyclic) bond motifs is 2. The summed E-state index contributed by atoms with van der Waals surface area (Å²) in [6.45, 7) is 2.58. The summed E-state index contributed by atoms with van der Waals surface area (Å²) >= 11 is 0. The number of aromatic nitrogens is 5. The van der Waals surface area contributed by atoms with E-state index in [0.29, 0.717) is 19.6 Å². The fourth-order valence-electron chi connectivity index (χ4n) is 6.76. The molecule has 1 saturated carbocycles. The van der Waals surface area contributed by atoms with Gasteiger partial charge in [-0.15, -0.1) is 0 Å². The summed E-state index contributed by atoms with van der Waals surface area (Å²) in [6.07, 6.45) is 8.97. The van der Waals surface area contributed by atoms with Crippen LogP contribution in [0.1, 0.15) is 53.3 Å². The quantitative estimate of drug-likeness (QED) is 0.259. The average Bonchev–Trinajstić information content (AvgIpc) is 3.31. The molecule has 1 N–H and O–H groups in total. The van der Waals surface area contributed by atoms with Gasteiger partial charge in [0.05, 0.1) is 29.2 Å². The molecule has 0 radical (unpaired) electrons. The van der Waals surface area contributed by atoms with Crippen LogP contribution < -0.4 is 9.64 Å². The third-order valence-electron chi connectivity index (χ3n) is 9.47. The minimum absolute atomic E-state index is 0.0214. The fraction of sp³-hybridized carbons (Fsp3) is 0.375. The van der Waals surface area contributed by atoms with Crippen molar-refractivity contribution in [1.82, 2.24) is 23.9 Å². The normalized spacial score (nSPS) is 20.7. The molecule has 226 valence electrons. The molecule has 3 aliphatic rings. The molecule has 1 unspecified atom stereocenters. The molecule has 2 aliphatic heterocycles. The number of pyridine rings is 2. The van der Waals surface area contributed by atoms with Gasteiger partial charge in [0.25, 0.3) is 5.88 Å². The van der Waals surface area contributed by atoms with Crippen LogP contribution in [-0.4, -0.2) is 60.8 Å². The SMILES string of the molecule is O=C(O)c1ccc2nc(C3CC34CCN(c3nc(OCc5ccc6nccn6c5)c(F)cc3F)CC4)n(C[C@@H]3CCO3)c2c1. The van der Waals surface area contributed by atoms with E-state index < -0.39 is 17.6 Å². The minimum Gasteiger partial charge on any atom is -0.478 e. The first-order chi connectivity index (χ1) is 21.4. The molecule has 1 aromatic carbocycles. The molecule has 8 rings (SSSR count). The maximum absolute atomic E-state index is 15.0. The molecular weight excluding hydrogens is 570 g/mol. The Hall–Kier alpha value is -4.58. The average molecular weight is 601 g/mol. The van der Waals surface area contributed by atoms with Crippen LogP contribution in [0.3, 0.4) is 0 Å². The van der Waals surface area contributed by atoms with Crippen molar-refractivity contribution in [2.75, 3.05) is 24.6 Å². The van der Waals surface area contributed by atoms with Gasteiger partial charge in [-0.05, 0) is 55.4 Å². The van der Waals surface area contributed by atoms with E-state index in [1.807, 2.05) is 33.8 Å². The van der Waals surface area contributed by atoms with E-state index in [0.717, 1.165) is 66.4 Å². The Morgan fingerprint density at radius 1 is 1.11 bits per heavy atom. The minimum atomic E-state index is -0.970. The third-order valence-corrected chi connectivity index (χ3v) is 9.47. The van der Waals surface area contributed by atoms with Crippen LogP contribution in [-0.2, 0) is 17.9 Å². The summed E-state index contributed by atoms with van der Waals surface area (Å²) in [5, 5.41) is 9.56. The Balaban J connectivity index is 0.991. The van der Waals surface area contributed by atoms with Crippen LogP contribution in [0.25, 0.3) is 16.7 Å². The van der Waals surface area contributed by atoms with Gasteiger partial charge < -0.3 is 28.4 Å². The number of hydrogen-bond donors (Lipinski definition) is 1. The lowest BCUT2D eigenvalue weighted by Crippen LogP contribution is -2.36. The number of imidazole rings is 2. The fourth-order valence-corrected chi connectivity index (χ4v) is 6.76. The molecule has 1 aliphatic carbocycles. The maximum Gasteiger partial charge on any atom is 0.335 e. The molecule has 0 bridgehead atoms. The summed E-state index contributed by atoms with van der Waals surface area (Å²) in [6, 6.07) is 9.60. The van der Waals surface area contributed by atoms with Gasteiger partial charge >= 0.3 is 5.97 Å². The van der Waals surface area contributed by atoms with Crippen molar-refractivity contribution in [2.24, 2.45) is 5.41 Å². The van der Waals surface area contributed by atoms with Crippen molar-refractivity contribution in [3.05, 3.63) is 83.6 Å². The Morgan fingerprint density at radius 2 is 1.95 bits per heavy atom. The Labute approximate surface area is 250 Å². The van der Waals surface area contributed by atoms with Crippen LogP contribution in [0.5, 0.6) is 5.88 Å². The predicted molar refractivity (Wildman–Crippen MR) is 156 cm³/mol. The summed E-state index contributed by atoms with van der Waals surface area (Å²) in [7, 11) is 0. The molecule has 2 saturated heterocycles. The maximum atomic E-state index is 15.0. The second-order valence-corrected chi connectivity index (χ2v) is 12.1. The number of halogens is 2. The summed E-state index contributed by atoms with van der Waals surface area (Å²) in [4.78, 5) is 27.0. The second-order valence-electron chi connectivity index (χ2n) is 12.1. The number of aromatic carboxylic acids is 1. The first kappa shape index (κ1) is 27.0. The van der Waals surface area contributed by atoms with Gasteiger partial charge in [0.1, 0.15) is 18.1 Å². The van der Waals surface area contributed by atoms with E-state index in [2.05, 4.69) is 14.5 Å². The first-order valence-corrected chi connectivity index (χ1v) is 14.9. The van der Waals surface area contributed by atoms with Crippen molar-refractivity contribution in [1.29, 1.82) is 0 Å². The molecule has 12 heteroatoms. The van der Waals surface area contributed by atoms with Crippen molar-refractivity contribution in [3.63, 3.8) is 0 Å². The summed E-state index contributed by atoms with van der Waals surface area (Å²) < 4.78 is 45.1. The Kier molecular flexibility index (Phi) is 6.30. The topological polar surface area (TPSA) is 107 Å². The van der Waals surface area contributed by atoms with Gasteiger partial charge in [0.15, 0.2) is 17.5 Å². The second kappa shape index (κ2) is 10.3. The lowest BCUT2D eigenvalue weighted by molar-refractivity contribution is -0.0590. The van der Waals surface area contributed by atoms with E-state index in [1.54, 1.807) is 24.4 Å². The van der Waals surface area contributed by atoms with Crippen molar-refractivity contribution in [3.8, 4) is 5.88 Å². The molecule has 44 heavy (non-hydrogen) atoms. The highest BCUT2D eigenvalue weighted by molar-refractivity contribution is 5.92. The molecule has 2 atom stereocenters. The third kappa shape index (κ3) is 4.64. The number of anilines is 1. The molecule has 1 spiro atoms. The number of hydrogen-bond acceptors (Lipinski definition) is 7. The van der Waals surface area contributed by atoms with Gasteiger partial charge in [-0.3, -0.25) is 0 Å². The molecule has 6 heterocycles. The van der Waals surface area contributed by atoms with Gasteiger partial charge in [-0.1, -0.05) is 6.07 Å². The number of rotatable bonds is 8. The molecule has 4 aromatic heterocycles. The van der Waals surface area contributed by atoms with E-state index in [1.165, 1.54) is 0 Å². The van der Waals surface area contributed by atoms with Crippen LogP contribution in [0, 0.1) is 17.0 Å². The lowest BCUT2D eigenvalue weighted by Gasteiger charge is -2.34. The number of ether oxygens (including phenoxy) is 2. The van der Waals surface area contributed by atoms with Crippen LogP contribution in [0.2, 0.25) is 0 Å². The zero-order valence-corrected chi connectivity index (χ0v) is 23.8. The smallest absolute Gasteiger partial charge is 0.335 e. The first-order valence-electron chi connectivity index (χ1n) is 14.9. The summed E-state index contributed by atoms with van der Waals surface area (Å²) in [5.74, 6) is -1.49. The number of carboxylic acid groups (broad SMARTS) is 1. The highest BCUT2D eigenvalue weighted by atomic mass is 19.1. The number of piperidine rings is 1. The standard InChI is InChI=1S/C32H30F2N6O4/c33-23-14-24(34)30(44-18-19-1-4-27-35-8-11-39(27)16-19)37-29(23)38-9-6-32(7-10-38)15-22(32)28-36-25-3-2-20(31(41)42)13-26(25)40(28)17-21-5-12-43-21/h1-4,8,11,13-14,16,21-22H,5-7,9-10,12,15,17-18H2,(H,41,42)/t21-,22?/m0/s1. The van der Waals surface area contributed by atoms with Gasteiger partial charge in [0.2, 0.25) is 0 Å². The zero-order chi connectivity index (χ0) is 30.0. The molecule has 3 fully saturated rings. The number of nitrogens with zero attached hydrogens (tertiary/aromatic N) is 6. The Morgan fingerprint density at radius 3 is 2.73 bits per heavy atom. The molecule has 0 amide bonds. The molecule has 10 nitrogen and oxygen atoms in total. The van der Waals surface area contributed by atoms with Crippen molar-refractivity contribution < 1.29 is 28.2 Å². The highest BCUT2D eigenvalue weighted by Crippen LogP contribution is 2.65.